The first-order chi connectivity index (χ1) is 12.5. The molecule has 0 spiro atoms. The predicted molar refractivity (Wildman–Crippen MR) is 109 cm³/mol. The van der Waals surface area contributed by atoms with E-state index < -0.39 is 0 Å². The summed E-state index contributed by atoms with van der Waals surface area (Å²) in [7, 11) is 0. The van der Waals surface area contributed by atoms with Gasteiger partial charge in [0.25, 0.3) is 0 Å². The molecular weight excluding hydrogens is 391 g/mol. The lowest BCUT2D eigenvalue weighted by atomic mass is 10.2. The molecule has 0 aliphatic heterocycles. The van der Waals surface area contributed by atoms with E-state index in [9.17, 15) is 0 Å². The number of nitrogens with two attached hydrogens (primary N) is 2. The summed E-state index contributed by atoms with van der Waals surface area (Å²) in [4.78, 5) is 9.02. The van der Waals surface area contributed by atoms with Crippen molar-refractivity contribution in [1.82, 2.24) is 14.5 Å². The highest BCUT2D eigenvalue weighted by atomic mass is 35.5. The molecule has 0 atom stereocenters. The van der Waals surface area contributed by atoms with Crippen LogP contribution in [0.5, 0.6) is 0 Å². The van der Waals surface area contributed by atoms with E-state index in [2.05, 4.69) is 15.3 Å². The molecule has 132 valence electrons. The van der Waals surface area contributed by atoms with Crippen molar-refractivity contribution in [3.05, 3.63) is 57.6 Å². The zero-order valence-corrected chi connectivity index (χ0v) is 15.7. The van der Waals surface area contributed by atoms with Gasteiger partial charge in [-0.3, -0.25) is 0 Å². The third-order valence-corrected chi connectivity index (χ3v) is 5.41. The topological polar surface area (TPSA) is 94.8 Å². The van der Waals surface area contributed by atoms with E-state index in [1.54, 1.807) is 0 Å². The van der Waals surface area contributed by atoms with Crippen LogP contribution in [0.15, 0.2) is 42.0 Å². The molecule has 3 aromatic heterocycles. The van der Waals surface area contributed by atoms with Gasteiger partial charge in [-0.1, -0.05) is 23.2 Å². The van der Waals surface area contributed by atoms with E-state index in [-0.39, 0.29) is 5.95 Å². The summed E-state index contributed by atoms with van der Waals surface area (Å²) in [6.07, 6.45) is 3.79. The van der Waals surface area contributed by atoms with Crippen LogP contribution in [0.3, 0.4) is 0 Å². The van der Waals surface area contributed by atoms with Crippen molar-refractivity contribution in [3.63, 3.8) is 0 Å². The smallest absolute Gasteiger partial charge is 0.223 e. The van der Waals surface area contributed by atoms with Gasteiger partial charge in [-0.25, -0.2) is 4.98 Å². The second-order valence-corrected chi connectivity index (χ2v) is 7.31. The molecule has 5 N–H and O–H groups in total. The summed E-state index contributed by atoms with van der Waals surface area (Å²) >= 11 is 14.3. The van der Waals surface area contributed by atoms with Gasteiger partial charge >= 0.3 is 0 Å². The first-order valence-electron chi connectivity index (χ1n) is 7.68. The minimum atomic E-state index is 0.176. The Bertz CT molecular complexity index is 1070. The van der Waals surface area contributed by atoms with Gasteiger partial charge < -0.3 is 21.4 Å². The monoisotopic (exact) mass is 404 g/mol. The lowest BCUT2D eigenvalue weighted by Crippen LogP contribution is -2.03. The number of rotatable bonds is 4. The maximum atomic E-state index is 6.43. The minimum absolute atomic E-state index is 0.176. The van der Waals surface area contributed by atoms with Crippen LogP contribution in [-0.4, -0.2) is 14.5 Å². The Morgan fingerprint density at radius 1 is 1.08 bits per heavy atom. The predicted octanol–water partition coefficient (Wildman–Crippen LogP) is 4.57. The Balaban J connectivity index is 1.61. The normalized spacial score (nSPS) is 11.2. The molecular formula is C17H14Cl2N6S. The van der Waals surface area contributed by atoms with Crippen molar-refractivity contribution in [2.24, 2.45) is 0 Å². The van der Waals surface area contributed by atoms with Gasteiger partial charge in [-0.15, -0.1) is 11.3 Å². The fourth-order valence-corrected chi connectivity index (χ4v) is 4.41. The molecule has 0 aliphatic carbocycles. The van der Waals surface area contributed by atoms with E-state index >= 15 is 0 Å². The van der Waals surface area contributed by atoms with Gasteiger partial charge in [0.2, 0.25) is 5.95 Å². The molecule has 0 unspecified atom stereocenters. The first-order valence-corrected chi connectivity index (χ1v) is 9.32. The van der Waals surface area contributed by atoms with Crippen molar-refractivity contribution < 1.29 is 0 Å². The Morgan fingerprint density at radius 3 is 2.46 bits per heavy atom. The van der Waals surface area contributed by atoms with E-state index in [1.165, 1.54) is 11.3 Å². The molecule has 6 nitrogen and oxygen atoms in total. The van der Waals surface area contributed by atoms with E-state index in [4.69, 9.17) is 34.7 Å². The number of fused-ring (bicyclic) bond motifs is 1. The molecule has 4 aromatic rings. The number of halogens is 2. The van der Waals surface area contributed by atoms with Gasteiger partial charge in [0.1, 0.15) is 10.6 Å². The van der Waals surface area contributed by atoms with Crippen LogP contribution in [0.25, 0.3) is 15.9 Å². The fourth-order valence-electron chi connectivity index (χ4n) is 2.77. The van der Waals surface area contributed by atoms with Crippen molar-refractivity contribution in [2.45, 2.75) is 6.54 Å². The second-order valence-electron chi connectivity index (χ2n) is 5.64. The number of nitrogens with zero attached hydrogens (tertiary/aromatic N) is 3. The fraction of sp³-hybridized carbons (Fsp3) is 0.0588. The van der Waals surface area contributed by atoms with Crippen LogP contribution in [0.1, 0.15) is 5.56 Å². The van der Waals surface area contributed by atoms with Crippen molar-refractivity contribution in [3.8, 4) is 5.69 Å². The lowest BCUT2D eigenvalue weighted by molar-refractivity contribution is 1.08. The molecule has 0 bridgehead atoms. The molecule has 9 heteroatoms. The van der Waals surface area contributed by atoms with Gasteiger partial charge in [0.05, 0.1) is 21.1 Å². The highest BCUT2D eigenvalue weighted by Gasteiger charge is 2.13. The summed E-state index contributed by atoms with van der Waals surface area (Å²) in [5.74, 6) is 0.556. The summed E-state index contributed by atoms with van der Waals surface area (Å²) < 4.78 is 1.88. The Labute approximate surface area is 163 Å². The molecule has 0 saturated carbocycles. The Morgan fingerprint density at radius 2 is 1.77 bits per heavy atom. The minimum Gasteiger partial charge on any atom is -0.383 e. The largest absolute Gasteiger partial charge is 0.383 e. The molecule has 26 heavy (non-hydrogen) atoms. The van der Waals surface area contributed by atoms with Crippen molar-refractivity contribution >= 4 is 62.2 Å². The lowest BCUT2D eigenvalue weighted by Gasteiger charge is -2.12. The highest BCUT2D eigenvalue weighted by Crippen LogP contribution is 2.34. The Kier molecular flexibility index (Phi) is 4.36. The van der Waals surface area contributed by atoms with Crippen LogP contribution in [0.2, 0.25) is 10.0 Å². The number of hydrogen-bond acceptors (Lipinski definition) is 6. The van der Waals surface area contributed by atoms with Gasteiger partial charge in [-0.2, -0.15) is 4.98 Å². The summed E-state index contributed by atoms with van der Waals surface area (Å²) in [6.45, 7) is 0.535. The highest BCUT2D eigenvalue weighted by molar-refractivity contribution is 7.17. The van der Waals surface area contributed by atoms with Crippen LogP contribution in [0, 0.1) is 0 Å². The quantitative estimate of drug-likeness (QED) is 0.463. The number of nitrogen functional groups attached to an aromatic ring is 2. The molecule has 4 rings (SSSR count). The van der Waals surface area contributed by atoms with E-state index in [0.29, 0.717) is 22.4 Å². The second kappa shape index (κ2) is 6.68. The maximum absolute atomic E-state index is 6.43. The van der Waals surface area contributed by atoms with Crippen LogP contribution < -0.4 is 16.8 Å². The number of thiophene rings is 1. The first kappa shape index (κ1) is 17.0. The van der Waals surface area contributed by atoms with E-state index in [0.717, 1.165) is 27.2 Å². The average Bonchev–Trinajstić information content (AvgIpc) is 3.22. The van der Waals surface area contributed by atoms with Crippen molar-refractivity contribution in [2.75, 3.05) is 16.8 Å². The SMILES string of the molecule is Nc1nc(N)c2c(CNc3cc(Cl)c(-n4cccc4)c(Cl)c3)csc2n1. The van der Waals surface area contributed by atoms with Gasteiger partial charge in [-0.05, 0) is 35.2 Å². The molecule has 0 radical (unpaired) electrons. The average molecular weight is 405 g/mol. The third-order valence-electron chi connectivity index (χ3n) is 3.92. The number of aromatic nitrogens is 3. The van der Waals surface area contributed by atoms with E-state index in [1.807, 2.05) is 46.6 Å². The third kappa shape index (κ3) is 3.05. The number of anilines is 3. The molecule has 3 heterocycles. The summed E-state index contributed by atoms with van der Waals surface area (Å²) in [5, 5.41) is 7.24. The molecule has 0 saturated heterocycles. The molecule has 1 aromatic carbocycles. The van der Waals surface area contributed by atoms with Crippen LogP contribution in [-0.2, 0) is 6.54 Å². The molecule has 0 aliphatic rings. The molecule has 0 amide bonds. The number of benzene rings is 1. The zero-order valence-electron chi connectivity index (χ0n) is 13.4. The standard InChI is InChI=1S/C17H14Cl2N6S/c18-11-5-10(6-12(19)14(11)25-3-1-2-4-25)22-7-9-8-26-16-13(9)15(20)23-17(21)24-16/h1-6,8,22H,7H2,(H4,20,21,23,24). The zero-order chi connectivity index (χ0) is 18.3. The summed E-state index contributed by atoms with van der Waals surface area (Å²) in [5.41, 5.74) is 14.2. The maximum Gasteiger partial charge on any atom is 0.223 e. The van der Waals surface area contributed by atoms with Crippen LogP contribution >= 0.6 is 34.5 Å². The number of nitrogens with one attached hydrogen (secondary N) is 1. The molecule has 0 fully saturated rings. The van der Waals surface area contributed by atoms with Crippen molar-refractivity contribution in [1.29, 1.82) is 0 Å². The van der Waals surface area contributed by atoms with Gasteiger partial charge in [0.15, 0.2) is 0 Å². The van der Waals surface area contributed by atoms with Crippen LogP contribution in [0.4, 0.5) is 17.5 Å². The summed E-state index contributed by atoms with van der Waals surface area (Å²) in [6, 6.07) is 7.52. The number of hydrogen-bond donors (Lipinski definition) is 3. The Hall–Kier alpha value is -2.48. The van der Waals surface area contributed by atoms with Gasteiger partial charge in [0, 0.05) is 24.6 Å².